The molecule has 2 aliphatic rings. The van der Waals surface area contributed by atoms with Crippen LogP contribution >= 0.6 is 0 Å². The zero-order chi connectivity index (χ0) is 30.2. The molecule has 224 valence electrons. The van der Waals surface area contributed by atoms with E-state index in [9.17, 15) is 24.0 Å². The summed E-state index contributed by atoms with van der Waals surface area (Å²) in [7, 11) is 2.54. The molecule has 2 fully saturated rings. The van der Waals surface area contributed by atoms with Gasteiger partial charge >= 0.3 is 12.1 Å². The van der Waals surface area contributed by atoms with Gasteiger partial charge in [-0.05, 0) is 31.7 Å². The van der Waals surface area contributed by atoms with Crippen molar-refractivity contribution in [1.82, 2.24) is 25.3 Å². The molecule has 42 heavy (non-hydrogen) atoms. The molecule has 1 aromatic heterocycles. The normalized spacial score (nSPS) is 18.5. The Morgan fingerprint density at radius 1 is 1.02 bits per heavy atom. The van der Waals surface area contributed by atoms with E-state index in [1.807, 2.05) is 0 Å². The average molecular weight is 583 g/mol. The summed E-state index contributed by atoms with van der Waals surface area (Å²) in [6.45, 7) is 1.21. The van der Waals surface area contributed by atoms with Crippen LogP contribution < -0.4 is 16.2 Å². The summed E-state index contributed by atoms with van der Waals surface area (Å²) in [5.74, 6) is -1.59. The second kappa shape index (κ2) is 13.9. The Balaban J connectivity index is 1.59. The highest BCUT2D eigenvalue weighted by molar-refractivity contribution is 6.04. The Morgan fingerprint density at radius 2 is 1.69 bits per heavy atom. The van der Waals surface area contributed by atoms with Crippen LogP contribution in [0.2, 0.25) is 0 Å². The molecule has 0 spiro atoms. The van der Waals surface area contributed by atoms with E-state index < -0.39 is 17.6 Å². The number of ether oxygens (including phenoxy) is 3. The van der Waals surface area contributed by atoms with Crippen molar-refractivity contribution in [2.24, 2.45) is 5.92 Å². The van der Waals surface area contributed by atoms with E-state index in [4.69, 9.17) is 14.9 Å². The molecule has 14 heteroatoms. The first-order chi connectivity index (χ1) is 20.2. The minimum absolute atomic E-state index is 0.172. The van der Waals surface area contributed by atoms with E-state index in [0.29, 0.717) is 63.1 Å². The summed E-state index contributed by atoms with van der Waals surface area (Å²) in [5, 5.41) is 17.6. The quantitative estimate of drug-likeness (QED) is 0.243. The SMILES string of the molecule is COC(=O)NC(=N)c1ccc(-c2cc(C(=O)NC3CCC(C(=O)OC)CC3)c(=O)n(CC(=O)N3CCOCC3)n2)cc1. The summed E-state index contributed by atoms with van der Waals surface area (Å²) in [6, 6.07) is 7.54. The first-order valence-electron chi connectivity index (χ1n) is 13.6. The van der Waals surface area contributed by atoms with Gasteiger partial charge in [0.1, 0.15) is 17.9 Å². The van der Waals surface area contributed by atoms with Gasteiger partial charge in [0.05, 0.1) is 39.0 Å². The molecule has 0 unspecified atom stereocenters. The summed E-state index contributed by atoms with van der Waals surface area (Å²) in [4.78, 5) is 64.6. The number of esters is 1. The van der Waals surface area contributed by atoms with Crippen molar-refractivity contribution in [3.63, 3.8) is 0 Å². The minimum Gasteiger partial charge on any atom is -0.469 e. The van der Waals surface area contributed by atoms with Crippen molar-refractivity contribution in [3.8, 4) is 11.3 Å². The third-order valence-electron chi connectivity index (χ3n) is 7.35. The monoisotopic (exact) mass is 582 g/mol. The maximum Gasteiger partial charge on any atom is 0.412 e. The lowest BCUT2D eigenvalue weighted by Gasteiger charge is -2.28. The molecule has 1 saturated carbocycles. The lowest BCUT2D eigenvalue weighted by molar-refractivity contribution is -0.146. The number of carbonyl (C=O) groups is 4. The molecule has 4 rings (SSSR count). The van der Waals surface area contributed by atoms with E-state index in [-0.39, 0.29) is 47.5 Å². The van der Waals surface area contributed by atoms with Crippen molar-refractivity contribution in [1.29, 1.82) is 5.41 Å². The van der Waals surface area contributed by atoms with Crippen LogP contribution in [0.5, 0.6) is 0 Å². The van der Waals surface area contributed by atoms with Gasteiger partial charge < -0.3 is 24.4 Å². The van der Waals surface area contributed by atoms with Crippen LogP contribution in [0.25, 0.3) is 11.3 Å². The molecule has 1 aliphatic heterocycles. The van der Waals surface area contributed by atoms with Crippen LogP contribution in [-0.4, -0.2) is 91.0 Å². The molecule has 0 bridgehead atoms. The number of amides is 3. The molecule has 0 atom stereocenters. The van der Waals surface area contributed by atoms with Crippen LogP contribution in [0, 0.1) is 11.3 Å². The van der Waals surface area contributed by atoms with Crippen LogP contribution in [0.1, 0.15) is 41.6 Å². The van der Waals surface area contributed by atoms with Crippen molar-refractivity contribution in [2.75, 3.05) is 40.5 Å². The molecule has 2 heterocycles. The molecule has 2 aromatic rings. The Hall–Kier alpha value is -4.59. The smallest absolute Gasteiger partial charge is 0.412 e. The van der Waals surface area contributed by atoms with Crippen molar-refractivity contribution < 1.29 is 33.4 Å². The summed E-state index contributed by atoms with van der Waals surface area (Å²) < 4.78 is 15.6. The van der Waals surface area contributed by atoms with E-state index in [1.165, 1.54) is 20.3 Å². The lowest BCUT2D eigenvalue weighted by atomic mass is 9.86. The Bertz CT molecular complexity index is 1390. The molecule has 0 radical (unpaired) electrons. The zero-order valence-electron chi connectivity index (χ0n) is 23.5. The number of morpholine rings is 1. The average Bonchev–Trinajstić information content (AvgIpc) is 3.02. The second-order valence-corrected chi connectivity index (χ2v) is 10.0. The van der Waals surface area contributed by atoms with E-state index in [0.717, 1.165) is 4.68 Å². The fourth-order valence-electron chi connectivity index (χ4n) is 4.93. The van der Waals surface area contributed by atoms with E-state index >= 15 is 0 Å². The largest absolute Gasteiger partial charge is 0.469 e. The second-order valence-electron chi connectivity index (χ2n) is 10.0. The highest BCUT2D eigenvalue weighted by Crippen LogP contribution is 2.25. The third kappa shape index (κ3) is 7.37. The van der Waals surface area contributed by atoms with Crippen LogP contribution in [0.15, 0.2) is 35.1 Å². The highest BCUT2D eigenvalue weighted by atomic mass is 16.5. The number of hydrogen-bond donors (Lipinski definition) is 3. The predicted molar refractivity (Wildman–Crippen MR) is 149 cm³/mol. The number of rotatable bonds is 7. The lowest BCUT2D eigenvalue weighted by Crippen LogP contribution is -2.45. The highest BCUT2D eigenvalue weighted by Gasteiger charge is 2.29. The predicted octanol–water partition coefficient (Wildman–Crippen LogP) is 0.912. The Kier molecular flexibility index (Phi) is 10.0. The number of carbonyl (C=O) groups excluding carboxylic acids is 4. The number of aromatic nitrogens is 2. The van der Waals surface area contributed by atoms with Gasteiger partial charge in [-0.3, -0.25) is 29.9 Å². The summed E-state index contributed by atoms with van der Waals surface area (Å²) in [5.41, 5.74) is 0.295. The molecule has 1 aromatic carbocycles. The zero-order valence-corrected chi connectivity index (χ0v) is 23.5. The van der Waals surface area contributed by atoms with Gasteiger partial charge in [-0.1, -0.05) is 24.3 Å². The van der Waals surface area contributed by atoms with Gasteiger partial charge in [0.25, 0.3) is 11.5 Å². The Morgan fingerprint density at radius 3 is 2.31 bits per heavy atom. The molecular weight excluding hydrogens is 548 g/mol. The fourth-order valence-corrected chi connectivity index (χ4v) is 4.93. The van der Waals surface area contributed by atoms with Gasteiger partial charge in [-0.2, -0.15) is 5.10 Å². The number of benzene rings is 1. The number of nitrogens with one attached hydrogen (secondary N) is 3. The van der Waals surface area contributed by atoms with Crippen LogP contribution in [0.3, 0.4) is 0 Å². The number of amidine groups is 1. The summed E-state index contributed by atoms with van der Waals surface area (Å²) in [6.07, 6.45) is 1.45. The number of alkyl carbamates (subject to hydrolysis) is 1. The Labute approximate surface area is 241 Å². The van der Waals surface area contributed by atoms with Crippen LogP contribution in [0.4, 0.5) is 4.79 Å². The summed E-state index contributed by atoms with van der Waals surface area (Å²) >= 11 is 0. The van der Waals surface area contributed by atoms with Gasteiger partial charge in [-0.15, -0.1) is 0 Å². The first-order valence-corrected chi connectivity index (χ1v) is 13.6. The van der Waals surface area contributed by atoms with E-state index in [1.54, 1.807) is 29.2 Å². The molecule has 1 aliphatic carbocycles. The van der Waals surface area contributed by atoms with Crippen LogP contribution in [-0.2, 0) is 30.3 Å². The van der Waals surface area contributed by atoms with Gasteiger partial charge in [0.15, 0.2) is 0 Å². The number of methoxy groups -OCH3 is 2. The number of nitrogens with zero attached hydrogens (tertiary/aromatic N) is 3. The van der Waals surface area contributed by atoms with Crippen molar-refractivity contribution >= 4 is 29.7 Å². The molecule has 3 N–H and O–H groups in total. The first kappa shape index (κ1) is 30.4. The number of hydrogen-bond acceptors (Lipinski definition) is 10. The standard InChI is InChI=1S/C28H34N6O8/c1-40-27(38)19-7-9-20(10-8-19)30-25(36)21-15-22(17-3-5-18(6-4-17)24(29)31-28(39)41-2)32-34(26(21)37)16-23(35)33-11-13-42-14-12-33/h3-6,15,19-20H,7-14,16H2,1-2H3,(H,30,36)(H2,29,31,39). The molecular formula is C28H34N6O8. The maximum absolute atomic E-state index is 13.4. The molecule has 3 amide bonds. The van der Waals surface area contributed by atoms with Gasteiger partial charge in [0, 0.05) is 30.3 Å². The van der Waals surface area contributed by atoms with Gasteiger partial charge in [-0.25, -0.2) is 9.48 Å². The molecule has 14 nitrogen and oxygen atoms in total. The minimum atomic E-state index is -0.780. The fraction of sp³-hybridized carbons (Fsp3) is 0.464. The van der Waals surface area contributed by atoms with Gasteiger partial charge in [0.2, 0.25) is 5.91 Å². The van der Waals surface area contributed by atoms with Crippen molar-refractivity contribution in [3.05, 3.63) is 51.8 Å². The van der Waals surface area contributed by atoms with Crippen molar-refractivity contribution in [2.45, 2.75) is 38.3 Å². The molecule has 1 saturated heterocycles. The topological polar surface area (TPSA) is 182 Å². The third-order valence-corrected chi connectivity index (χ3v) is 7.35. The maximum atomic E-state index is 13.4. The van der Waals surface area contributed by atoms with E-state index in [2.05, 4.69) is 20.5 Å².